The minimum absolute atomic E-state index is 0. The number of Topliss-reactive ketones (excluding diaryl/α,β-unsaturated/α-hetero) is 4. The van der Waals surface area contributed by atoms with Gasteiger partial charge in [0.15, 0.2) is 0 Å². The Labute approximate surface area is 492 Å². The second-order valence-corrected chi connectivity index (χ2v) is 22.0. The molecular formula is C69H91F3N2O7S. The first-order chi connectivity index (χ1) is 36.9. The number of aromatic nitrogens is 1. The van der Waals surface area contributed by atoms with Crippen molar-refractivity contribution < 1.29 is 46.6 Å². The first-order valence-electron chi connectivity index (χ1n) is 26.4. The zero-order chi connectivity index (χ0) is 57.5. The van der Waals surface area contributed by atoms with Gasteiger partial charge in [0.1, 0.15) is 57.7 Å². The Bertz CT molecular complexity index is 2930. The molecule has 13 heteroatoms. The first kappa shape index (κ1) is 74.8. The third kappa shape index (κ3) is 25.7. The van der Waals surface area contributed by atoms with E-state index in [1.807, 2.05) is 120 Å². The zero-order valence-electron chi connectivity index (χ0n) is 46.8. The fraction of sp³-hybridized carbons (Fsp3) is 0.391. The number of carbonyl (C=O) groups is 5. The molecule has 82 heavy (non-hydrogen) atoms. The summed E-state index contributed by atoms with van der Waals surface area (Å²) < 4.78 is 52.6. The molecule has 0 aliphatic rings. The quantitative estimate of drug-likeness (QED) is 0.0848. The molecule has 0 spiro atoms. The number of aryl methyl sites for hydroxylation is 1. The van der Waals surface area contributed by atoms with Crippen molar-refractivity contribution in [2.75, 3.05) is 0 Å². The van der Waals surface area contributed by atoms with Crippen molar-refractivity contribution in [3.05, 3.63) is 196 Å². The summed E-state index contributed by atoms with van der Waals surface area (Å²) >= 11 is 1.62. The van der Waals surface area contributed by atoms with E-state index in [9.17, 15) is 37.1 Å². The number of hydrogen-bond acceptors (Lipinski definition) is 9. The molecule has 0 fully saturated rings. The second kappa shape index (κ2) is 37.0. The smallest absolute Gasteiger partial charge is 0.408 e. The summed E-state index contributed by atoms with van der Waals surface area (Å²) in [5.41, 5.74) is 4.30. The second-order valence-electron chi connectivity index (χ2n) is 21.1. The summed E-state index contributed by atoms with van der Waals surface area (Å²) in [7, 11) is 0. The van der Waals surface area contributed by atoms with E-state index in [1.54, 1.807) is 64.3 Å². The molecule has 0 radical (unpaired) electrons. The van der Waals surface area contributed by atoms with E-state index in [2.05, 4.69) is 34.6 Å². The molecule has 1 amide bonds. The van der Waals surface area contributed by atoms with Gasteiger partial charge in [-0.15, -0.1) is 11.3 Å². The van der Waals surface area contributed by atoms with Crippen molar-refractivity contribution in [3.63, 3.8) is 0 Å². The fourth-order valence-corrected chi connectivity index (χ4v) is 8.34. The third-order valence-electron chi connectivity index (χ3n) is 12.2. The summed E-state index contributed by atoms with van der Waals surface area (Å²) in [6, 6.07) is 40.7. The van der Waals surface area contributed by atoms with Gasteiger partial charge in [-0.05, 0) is 97.3 Å². The predicted octanol–water partition coefficient (Wildman–Crippen LogP) is 19.0. The van der Waals surface area contributed by atoms with E-state index in [1.165, 1.54) is 29.3 Å². The van der Waals surface area contributed by atoms with Crippen LogP contribution in [0.2, 0.25) is 0 Å². The highest BCUT2D eigenvalue weighted by atomic mass is 32.1. The van der Waals surface area contributed by atoms with Crippen LogP contribution in [-0.2, 0) is 36.8 Å². The van der Waals surface area contributed by atoms with E-state index in [0.717, 1.165) is 45.0 Å². The molecule has 7 aromatic rings. The molecule has 0 saturated carbocycles. The summed E-state index contributed by atoms with van der Waals surface area (Å²) in [6.07, 6.45) is 3.01. The SMILES string of the molecule is C.C.C.C.CC(C)C(=O)CC(NC(=O)OC(C)(C)C)c1c(F)cccc1F.CC(C)C(=O)CC(c1ccccc1)c1ccccc1.CC(C)C(=O)CCc1ccc(F)cc1.CC(C)C(=O)Cc1ccc(Oc2ccnc3ccsc23)cc1. The van der Waals surface area contributed by atoms with E-state index < -0.39 is 29.4 Å². The van der Waals surface area contributed by atoms with E-state index in [4.69, 9.17) is 9.47 Å². The number of rotatable bonds is 19. The number of thiophene rings is 1. The number of fused-ring (bicyclic) bond motifs is 1. The summed E-state index contributed by atoms with van der Waals surface area (Å²) in [4.78, 5) is 63.4. The normalized spacial score (nSPS) is 10.9. The molecule has 1 N–H and O–H groups in total. The monoisotopic (exact) mass is 1150 g/mol. The number of ether oxygens (including phenoxy) is 2. The van der Waals surface area contributed by atoms with E-state index in [-0.39, 0.29) is 94.4 Å². The van der Waals surface area contributed by atoms with Gasteiger partial charge in [0, 0.05) is 73.1 Å². The number of halogens is 3. The third-order valence-corrected chi connectivity index (χ3v) is 13.2. The van der Waals surface area contributed by atoms with Gasteiger partial charge < -0.3 is 14.8 Å². The number of hydrogen-bond donors (Lipinski definition) is 1. The minimum atomic E-state index is -1.12. The average molecular weight is 1150 g/mol. The van der Waals surface area contributed by atoms with Gasteiger partial charge >= 0.3 is 6.09 Å². The molecule has 1 atom stereocenters. The predicted molar refractivity (Wildman–Crippen MR) is 333 cm³/mol. The van der Waals surface area contributed by atoms with Crippen molar-refractivity contribution in [2.24, 2.45) is 23.7 Å². The van der Waals surface area contributed by atoms with Crippen LogP contribution in [0.25, 0.3) is 10.2 Å². The molecule has 2 heterocycles. The summed E-state index contributed by atoms with van der Waals surface area (Å²) in [5.74, 6) is 0.431. The Morgan fingerprint density at radius 1 is 0.561 bits per heavy atom. The van der Waals surface area contributed by atoms with Crippen molar-refractivity contribution in [3.8, 4) is 11.5 Å². The van der Waals surface area contributed by atoms with E-state index >= 15 is 0 Å². The minimum Gasteiger partial charge on any atom is -0.456 e. The van der Waals surface area contributed by atoms with Gasteiger partial charge in [-0.2, -0.15) is 0 Å². The maximum atomic E-state index is 14.0. The van der Waals surface area contributed by atoms with Crippen molar-refractivity contribution in [1.29, 1.82) is 0 Å². The maximum Gasteiger partial charge on any atom is 0.408 e. The van der Waals surface area contributed by atoms with E-state index in [0.29, 0.717) is 31.5 Å². The molecule has 1 unspecified atom stereocenters. The molecule has 9 nitrogen and oxygen atoms in total. The Balaban J connectivity index is 0.00000106. The number of nitrogens with zero attached hydrogens (tertiary/aromatic N) is 1. The molecule has 0 saturated heterocycles. The average Bonchev–Trinajstić information content (AvgIpc) is 4.06. The highest BCUT2D eigenvalue weighted by Crippen LogP contribution is 2.33. The standard InChI is InChI=1S/C18H17NO2S.C18H20O.C17H23F2NO3.C12H15FO.4CH4/c1-12(2)16(20)11-13-3-5-14(6-4-13)21-17-7-9-19-15-8-10-22-18(15)17;1-14(2)18(19)13-17(15-9-5-3-6-10-15)16-11-7-4-8-12-16;1-10(2)14(21)9-13(20-16(22)23-17(3,4)5)15-11(18)7-6-8-12(15)19;1-9(2)12(14)8-5-10-3-6-11(13)7-4-10;;;;/h3-10,12H,11H2,1-2H3;3-12,14,17H,13H2,1-2H3;6-8,10,13H,9H2,1-5H3,(H,20,22);3-4,6-7,9H,5,8H2,1-2H3;4*1H4. The lowest BCUT2D eigenvalue weighted by atomic mass is 9.85. The molecule has 446 valence electrons. The van der Waals surface area contributed by atoms with Gasteiger partial charge in [-0.1, -0.05) is 176 Å². The molecule has 0 aliphatic carbocycles. The number of ketones is 4. The Morgan fingerprint density at radius 3 is 1.54 bits per heavy atom. The fourth-order valence-electron chi connectivity index (χ4n) is 7.54. The highest BCUT2D eigenvalue weighted by Gasteiger charge is 2.28. The zero-order valence-corrected chi connectivity index (χ0v) is 47.6. The number of carbonyl (C=O) groups excluding carboxylic acids is 5. The number of amides is 1. The Kier molecular flexibility index (Phi) is 33.7. The molecular weight excluding hydrogens is 1060 g/mol. The maximum absolute atomic E-state index is 14.0. The van der Waals surface area contributed by atoms with Crippen molar-refractivity contribution >= 4 is 50.8 Å². The summed E-state index contributed by atoms with van der Waals surface area (Å²) in [5, 5.41) is 4.40. The molecule has 7 rings (SSSR count). The van der Waals surface area contributed by atoms with Gasteiger partial charge in [0.2, 0.25) is 0 Å². The van der Waals surface area contributed by atoms with Gasteiger partial charge in [-0.25, -0.2) is 18.0 Å². The number of pyridine rings is 1. The highest BCUT2D eigenvalue weighted by molar-refractivity contribution is 7.17. The van der Waals surface area contributed by atoms with Gasteiger partial charge in [0.25, 0.3) is 0 Å². The molecule has 0 aliphatic heterocycles. The summed E-state index contributed by atoms with van der Waals surface area (Å²) in [6.45, 7) is 20.0. The molecule has 2 aromatic heterocycles. The lowest BCUT2D eigenvalue weighted by molar-refractivity contribution is -0.123. The van der Waals surface area contributed by atoms with Crippen molar-refractivity contribution in [1.82, 2.24) is 10.3 Å². The van der Waals surface area contributed by atoms with Gasteiger partial charge in [0.05, 0.1) is 16.3 Å². The Morgan fingerprint density at radius 2 is 1.05 bits per heavy atom. The van der Waals surface area contributed by atoms with Crippen LogP contribution in [0, 0.1) is 41.1 Å². The van der Waals surface area contributed by atoms with Crippen molar-refractivity contribution in [2.45, 2.75) is 156 Å². The lowest BCUT2D eigenvalue weighted by Gasteiger charge is -2.24. The van der Waals surface area contributed by atoms with Gasteiger partial charge in [-0.3, -0.25) is 24.2 Å². The molecule has 0 bridgehead atoms. The van der Waals surface area contributed by atoms with Crippen LogP contribution in [0.4, 0.5) is 18.0 Å². The van der Waals surface area contributed by atoms with Crippen LogP contribution in [0.5, 0.6) is 11.5 Å². The van der Waals surface area contributed by atoms with Crippen LogP contribution in [0.15, 0.2) is 151 Å². The van der Waals surface area contributed by atoms with Crippen LogP contribution < -0.4 is 10.1 Å². The van der Waals surface area contributed by atoms with Crippen LogP contribution in [-0.4, -0.2) is 39.8 Å². The number of alkyl carbamates (subject to hydrolysis) is 1. The number of benzene rings is 5. The lowest BCUT2D eigenvalue weighted by Crippen LogP contribution is -2.36. The largest absolute Gasteiger partial charge is 0.456 e. The first-order valence-corrected chi connectivity index (χ1v) is 27.3. The molecule has 5 aromatic carbocycles. The Hall–Kier alpha value is -7.25. The number of nitrogens with one attached hydrogen (secondary N) is 1. The van der Waals surface area contributed by atoms with Crippen LogP contribution in [0.3, 0.4) is 0 Å². The topological polar surface area (TPSA) is 129 Å². The van der Waals surface area contributed by atoms with Crippen LogP contribution >= 0.6 is 11.3 Å². The van der Waals surface area contributed by atoms with Crippen LogP contribution in [0.1, 0.15) is 165 Å².